The van der Waals surface area contributed by atoms with Crippen LogP contribution < -0.4 is 10.9 Å². The average molecular weight is 306 g/mol. The van der Waals surface area contributed by atoms with Crippen LogP contribution >= 0.6 is 11.8 Å². The molecule has 0 aliphatic carbocycles. The molecule has 0 bridgehead atoms. The molecule has 0 radical (unpaired) electrons. The minimum absolute atomic E-state index is 0.0766. The van der Waals surface area contributed by atoms with Gasteiger partial charge in [0.25, 0.3) is 5.22 Å². The average Bonchev–Trinajstić information content (AvgIpc) is 2.90. The van der Waals surface area contributed by atoms with Gasteiger partial charge in [0.1, 0.15) is 0 Å². The number of benzene rings is 1. The summed E-state index contributed by atoms with van der Waals surface area (Å²) < 4.78 is 5.11. The highest BCUT2D eigenvalue weighted by Crippen LogP contribution is 2.14. The van der Waals surface area contributed by atoms with Crippen molar-refractivity contribution < 1.29 is 14.0 Å². The number of rotatable bonds is 5. The Bertz CT molecular complexity index is 615. The molecule has 0 saturated heterocycles. The highest BCUT2D eigenvalue weighted by molar-refractivity contribution is 7.99. The van der Waals surface area contributed by atoms with Crippen LogP contribution in [0, 0.1) is 6.92 Å². The summed E-state index contributed by atoms with van der Waals surface area (Å²) in [5.74, 6) is -0.118. The molecular formula is C13H14N4O3S. The second kappa shape index (κ2) is 7.44. The van der Waals surface area contributed by atoms with Gasteiger partial charge in [-0.3, -0.25) is 20.4 Å². The maximum absolute atomic E-state index is 11.6. The first kappa shape index (κ1) is 15.0. The Hall–Kier alpha value is -2.35. The molecule has 0 aliphatic heterocycles. The summed E-state index contributed by atoms with van der Waals surface area (Å²) in [6.07, 6.45) is 0.205. The monoisotopic (exact) mass is 306 g/mol. The van der Waals surface area contributed by atoms with Gasteiger partial charge in [0.15, 0.2) is 0 Å². The molecule has 0 saturated carbocycles. The fourth-order valence-corrected chi connectivity index (χ4v) is 2.07. The van der Waals surface area contributed by atoms with Gasteiger partial charge in [-0.2, -0.15) is 0 Å². The first-order chi connectivity index (χ1) is 10.1. The molecule has 21 heavy (non-hydrogen) atoms. The molecule has 1 heterocycles. The van der Waals surface area contributed by atoms with Gasteiger partial charge in [-0.25, -0.2) is 0 Å². The quantitative estimate of drug-likeness (QED) is 0.628. The molecular weight excluding hydrogens is 292 g/mol. The molecule has 1 aromatic heterocycles. The van der Waals surface area contributed by atoms with E-state index in [-0.39, 0.29) is 24.0 Å². The van der Waals surface area contributed by atoms with E-state index in [0.717, 1.165) is 17.3 Å². The van der Waals surface area contributed by atoms with Crippen molar-refractivity contribution in [3.05, 3.63) is 41.8 Å². The van der Waals surface area contributed by atoms with Gasteiger partial charge < -0.3 is 4.42 Å². The van der Waals surface area contributed by atoms with Crippen molar-refractivity contribution in [2.24, 2.45) is 0 Å². The number of carbonyl (C=O) groups is 2. The van der Waals surface area contributed by atoms with Gasteiger partial charge in [-0.1, -0.05) is 42.1 Å². The third-order valence-electron chi connectivity index (χ3n) is 2.38. The molecule has 2 amide bonds. The molecule has 2 N–H and O–H groups in total. The highest BCUT2D eigenvalue weighted by atomic mass is 32.2. The van der Waals surface area contributed by atoms with Crippen LogP contribution in [0.2, 0.25) is 0 Å². The Morgan fingerprint density at radius 3 is 2.52 bits per heavy atom. The summed E-state index contributed by atoms with van der Waals surface area (Å²) in [4.78, 5) is 23.2. The van der Waals surface area contributed by atoms with Crippen molar-refractivity contribution >= 4 is 23.6 Å². The molecule has 0 fully saturated rings. The molecule has 8 heteroatoms. The lowest BCUT2D eigenvalue weighted by atomic mass is 10.1. The minimum Gasteiger partial charge on any atom is -0.416 e. The van der Waals surface area contributed by atoms with E-state index in [4.69, 9.17) is 4.42 Å². The zero-order valence-corrected chi connectivity index (χ0v) is 12.1. The number of thioether (sulfide) groups is 1. The highest BCUT2D eigenvalue weighted by Gasteiger charge is 2.09. The van der Waals surface area contributed by atoms with Gasteiger partial charge in [0.05, 0.1) is 12.2 Å². The molecule has 0 unspecified atom stereocenters. The van der Waals surface area contributed by atoms with Gasteiger partial charge >= 0.3 is 0 Å². The predicted molar refractivity (Wildman–Crippen MR) is 76.2 cm³/mol. The number of hydrazine groups is 1. The maximum atomic E-state index is 11.6. The maximum Gasteiger partial charge on any atom is 0.277 e. The second-order valence-corrected chi connectivity index (χ2v) is 5.06. The number of hydrogen-bond donors (Lipinski definition) is 2. The van der Waals surface area contributed by atoms with Crippen molar-refractivity contribution in [2.45, 2.75) is 18.6 Å². The molecule has 0 spiro atoms. The Labute approximate surface area is 125 Å². The van der Waals surface area contributed by atoms with E-state index in [9.17, 15) is 9.59 Å². The van der Waals surface area contributed by atoms with Crippen molar-refractivity contribution in [3.63, 3.8) is 0 Å². The zero-order valence-electron chi connectivity index (χ0n) is 11.3. The lowest BCUT2D eigenvalue weighted by Gasteiger charge is -2.06. The topological polar surface area (TPSA) is 97.1 Å². The number of nitrogens with zero attached hydrogens (tertiary/aromatic N) is 2. The van der Waals surface area contributed by atoms with Gasteiger partial charge in [-0.05, 0) is 5.56 Å². The van der Waals surface area contributed by atoms with Gasteiger partial charge in [-0.15, -0.1) is 10.2 Å². The van der Waals surface area contributed by atoms with Crippen LogP contribution in [0.3, 0.4) is 0 Å². The van der Waals surface area contributed by atoms with Crippen LogP contribution in [-0.2, 0) is 16.0 Å². The number of aryl methyl sites for hydroxylation is 1. The van der Waals surface area contributed by atoms with Crippen LogP contribution in [0.4, 0.5) is 0 Å². The largest absolute Gasteiger partial charge is 0.416 e. The summed E-state index contributed by atoms with van der Waals surface area (Å²) in [7, 11) is 0. The number of amides is 2. The summed E-state index contributed by atoms with van der Waals surface area (Å²) in [6, 6.07) is 9.26. The smallest absolute Gasteiger partial charge is 0.277 e. The Balaban J connectivity index is 1.67. The fourth-order valence-electron chi connectivity index (χ4n) is 1.46. The van der Waals surface area contributed by atoms with E-state index in [1.54, 1.807) is 6.92 Å². The van der Waals surface area contributed by atoms with Crippen molar-refractivity contribution in [1.82, 2.24) is 21.0 Å². The molecule has 0 atom stereocenters. The van der Waals surface area contributed by atoms with Gasteiger partial charge in [0, 0.05) is 6.92 Å². The van der Waals surface area contributed by atoms with E-state index in [1.165, 1.54) is 0 Å². The van der Waals surface area contributed by atoms with Crippen LogP contribution in [0.15, 0.2) is 40.0 Å². The molecule has 0 aliphatic rings. The number of hydrogen-bond acceptors (Lipinski definition) is 6. The van der Waals surface area contributed by atoms with E-state index in [0.29, 0.717) is 11.1 Å². The lowest BCUT2D eigenvalue weighted by Crippen LogP contribution is -2.43. The summed E-state index contributed by atoms with van der Waals surface area (Å²) >= 11 is 1.10. The summed E-state index contributed by atoms with van der Waals surface area (Å²) in [5, 5.41) is 7.71. The first-order valence-corrected chi connectivity index (χ1v) is 7.16. The predicted octanol–water partition coefficient (Wildman–Crippen LogP) is 0.860. The SMILES string of the molecule is Cc1nnc(SCC(=O)NNC(=O)Cc2ccccc2)o1. The minimum atomic E-state index is -0.350. The summed E-state index contributed by atoms with van der Waals surface area (Å²) in [6.45, 7) is 1.67. The third kappa shape index (κ3) is 5.27. The third-order valence-corrected chi connectivity index (χ3v) is 3.20. The van der Waals surface area contributed by atoms with E-state index >= 15 is 0 Å². The van der Waals surface area contributed by atoms with Crippen molar-refractivity contribution in [3.8, 4) is 0 Å². The van der Waals surface area contributed by atoms with Crippen LogP contribution in [-0.4, -0.2) is 27.8 Å². The van der Waals surface area contributed by atoms with Crippen LogP contribution in [0.25, 0.3) is 0 Å². The lowest BCUT2D eigenvalue weighted by molar-refractivity contribution is -0.127. The van der Waals surface area contributed by atoms with Gasteiger partial charge in [0.2, 0.25) is 17.7 Å². The van der Waals surface area contributed by atoms with E-state index in [1.807, 2.05) is 30.3 Å². The molecule has 1 aromatic carbocycles. The van der Waals surface area contributed by atoms with Crippen LogP contribution in [0.5, 0.6) is 0 Å². The number of aromatic nitrogens is 2. The Morgan fingerprint density at radius 1 is 1.14 bits per heavy atom. The normalized spacial score (nSPS) is 10.1. The zero-order chi connectivity index (χ0) is 15.1. The van der Waals surface area contributed by atoms with E-state index < -0.39 is 0 Å². The molecule has 7 nitrogen and oxygen atoms in total. The fraction of sp³-hybridized carbons (Fsp3) is 0.231. The molecule has 2 aromatic rings. The van der Waals surface area contributed by atoms with Crippen LogP contribution in [0.1, 0.15) is 11.5 Å². The molecule has 110 valence electrons. The van der Waals surface area contributed by atoms with Crippen molar-refractivity contribution in [2.75, 3.05) is 5.75 Å². The first-order valence-electron chi connectivity index (χ1n) is 6.18. The Kier molecular flexibility index (Phi) is 5.33. The summed E-state index contributed by atoms with van der Waals surface area (Å²) in [5.41, 5.74) is 5.56. The van der Waals surface area contributed by atoms with Crippen molar-refractivity contribution in [1.29, 1.82) is 0 Å². The second-order valence-electron chi connectivity index (χ2n) is 4.13. The number of nitrogens with one attached hydrogen (secondary N) is 2. The molecule has 2 rings (SSSR count). The Morgan fingerprint density at radius 2 is 1.86 bits per heavy atom. The standard InChI is InChI=1S/C13H14N4O3S/c1-9-14-17-13(20-9)21-8-12(19)16-15-11(18)7-10-5-3-2-4-6-10/h2-6H,7-8H2,1H3,(H,15,18)(H,16,19). The van der Waals surface area contributed by atoms with E-state index in [2.05, 4.69) is 21.0 Å². The number of carbonyl (C=O) groups excluding carboxylic acids is 2.